The normalized spacial score (nSPS) is 6.83. The minimum atomic E-state index is -0.132. The average molecular weight is 170 g/mol. The Morgan fingerprint density at radius 1 is 1.08 bits per heavy atom. The second kappa shape index (κ2) is 9.49. The van der Waals surface area contributed by atoms with Gasteiger partial charge in [-0.25, -0.2) is 4.39 Å². The van der Waals surface area contributed by atoms with Crippen LogP contribution in [0.5, 0.6) is 0 Å². The molecule has 0 saturated carbocycles. The molecular formula is C9H11FO2. The molecule has 0 unspecified atom stereocenters. The van der Waals surface area contributed by atoms with Gasteiger partial charge >= 0.3 is 0 Å². The van der Waals surface area contributed by atoms with Crippen molar-refractivity contribution in [1.29, 1.82) is 0 Å². The highest BCUT2D eigenvalue weighted by atomic mass is 19.1. The van der Waals surface area contributed by atoms with Gasteiger partial charge in [-0.05, 0) is 18.6 Å². The SMILES string of the molecule is C=O.C=O.Cc1ccccc1F. The van der Waals surface area contributed by atoms with E-state index in [2.05, 4.69) is 0 Å². The molecule has 0 radical (unpaired) electrons. The summed E-state index contributed by atoms with van der Waals surface area (Å²) in [4.78, 5) is 16.0. The minimum absolute atomic E-state index is 0.132. The summed E-state index contributed by atoms with van der Waals surface area (Å²) in [5.41, 5.74) is 0.701. The zero-order chi connectivity index (χ0) is 9.98. The second-order valence-corrected chi connectivity index (χ2v) is 1.75. The lowest BCUT2D eigenvalue weighted by molar-refractivity contribution is -0.0987. The molecule has 0 aliphatic carbocycles. The molecule has 1 rings (SSSR count). The van der Waals surface area contributed by atoms with Gasteiger partial charge in [0.1, 0.15) is 19.4 Å². The van der Waals surface area contributed by atoms with Gasteiger partial charge < -0.3 is 9.59 Å². The van der Waals surface area contributed by atoms with Gasteiger partial charge in [0.2, 0.25) is 0 Å². The van der Waals surface area contributed by atoms with Gasteiger partial charge in [0.25, 0.3) is 0 Å². The summed E-state index contributed by atoms with van der Waals surface area (Å²) < 4.78 is 12.3. The fourth-order valence-electron chi connectivity index (χ4n) is 0.551. The summed E-state index contributed by atoms with van der Waals surface area (Å²) in [5.74, 6) is -0.132. The van der Waals surface area contributed by atoms with Crippen LogP contribution in [0.25, 0.3) is 0 Å². The number of rotatable bonds is 0. The second-order valence-electron chi connectivity index (χ2n) is 1.75. The Labute approximate surface area is 71.0 Å². The minimum Gasteiger partial charge on any atom is -0.307 e. The van der Waals surface area contributed by atoms with Crippen LogP contribution < -0.4 is 0 Å². The van der Waals surface area contributed by atoms with Crippen molar-refractivity contribution in [2.45, 2.75) is 6.92 Å². The van der Waals surface area contributed by atoms with Crippen LogP contribution >= 0.6 is 0 Å². The standard InChI is InChI=1S/C7H7F.2CH2O/c1-6-4-2-3-5-7(6)8;2*1-2/h2-5H,1H3;2*1H2. The van der Waals surface area contributed by atoms with Crippen molar-refractivity contribution in [3.05, 3.63) is 35.6 Å². The van der Waals surface area contributed by atoms with Crippen LogP contribution in [0.2, 0.25) is 0 Å². The molecule has 0 aliphatic rings. The van der Waals surface area contributed by atoms with Gasteiger partial charge in [0.15, 0.2) is 0 Å². The molecule has 0 aromatic heterocycles. The Morgan fingerprint density at radius 3 is 1.75 bits per heavy atom. The quantitative estimate of drug-likeness (QED) is 0.594. The lowest BCUT2D eigenvalue weighted by Crippen LogP contribution is -1.76. The topological polar surface area (TPSA) is 34.1 Å². The van der Waals surface area contributed by atoms with E-state index in [4.69, 9.17) is 9.59 Å². The first-order chi connectivity index (χ1) is 5.80. The summed E-state index contributed by atoms with van der Waals surface area (Å²) in [6.07, 6.45) is 0. The van der Waals surface area contributed by atoms with E-state index < -0.39 is 0 Å². The largest absolute Gasteiger partial charge is 0.307 e. The van der Waals surface area contributed by atoms with Gasteiger partial charge in [0, 0.05) is 0 Å². The predicted octanol–water partition coefficient (Wildman–Crippen LogP) is 1.76. The molecule has 0 aliphatic heterocycles. The maximum Gasteiger partial charge on any atom is 0.126 e. The highest BCUT2D eigenvalue weighted by molar-refractivity contribution is 5.14. The zero-order valence-corrected chi connectivity index (χ0v) is 6.92. The number of hydrogen-bond donors (Lipinski definition) is 0. The molecule has 0 amide bonds. The molecule has 0 spiro atoms. The maximum absolute atomic E-state index is 12.3. The molecule has 0 N–H and O–H groups in total. The molecule has 2 nitrogen and oxygen atoms in total. The molecule has 0 saturated heterocycles. The predicted molar refractivity (Wildman–Crippen MR) is 45.4 cm³/mol. The van der Waals surface area contributed by atoms with E-state index in [1.165, 1.54) is 6.07 Å². The van der Waals surface area contributed by atoms with Crippen LogP contribution in [-0.2, 0) is 9.59 Å². The highest BCUT2D eigenvalue weighted by Gasteiger charge is 1.88. The number of aryl methyl sites for hydroxylation is 1. The Bertz CT molecular complexity index is 190. The van der Waals surface area contributed by atoms with E-state index in [9.17, 15) is 4.39 Å². The van der Waals surface area contributed by atoms with E-state index in [1.54, 1.807) is 19.1 Å². The van der Waals surface area contributed by atoms with E-state index >= 15 is 0 Å². The van der Waals surface area contributed by atoms with Gasteiger partial charge in [0.05, 0.1) is 0 Å². The van der Waals surface area contributed by atoms with E-state index in [-0.39, 0.29) is 5.82 Å². The third-order valence-electron chi connectivity index (χ3n) is 1.08. The molecule has 0 heterocycles. The smallest absolute Gasteiger partial charge is 0.126 e. The highest BCUT2D eigenvalue weighted by Crippen LogP contribution is 2.01. The molecule has 0 bridgehead atoms. The van der Waals surface area contributed by atoms with Crippen molar-refractivity contribution < 1.29 is 14.0 Å². The van der Waals surface area contributed by atoms with Crippen LogP contribution in [-0.4, -0.2) is 13.6 Å². The number of carbonyl (C=O) groups is 2. The fraction of sp³-hybridized carbons (Fsp3) is 0.111. The Morgan fingerprint density at radius 2 is 1.50 bits per heavy atom. The summed E-state index contributed by atoms with van der Waals surface area (Å²) in [6.45, 7) is 5.75. The molecule has 0 fully saturated rings. The van der Waals surface area contributed by atoms with E-state index in [0.29, 0.717) is 5.56 Å². The summed E-state index contributed by atoms with van der Waals surface area (Å²) in [5, 5.41) is 0. The van der Waals surface area contributed by atoms with Gasteiger partial charge in [-0.2, -0.15) is 0 Å². The number of benzene rings is 1. The molecule has 0 atom stereocenters. The maximum atomic E-state index is 12.3. The van der Waals surface area contributed by atoms with Crippen molar-refractivity contribution in [2.75, 3.05) is 0 Å². The van der Waals surface area contributed by atoms with Crippen LogP contribution in [0.4, 0.5) is 4.39 Å². The molecular weight excluding hydrogens is 159 g/mol. The van der Waals surface area contributed by atoms with Crippen molar-refractivity contribution in [1.82, 2.24) is 0 Å². The first-order valence-corrected chi connectivity index (χ1v) is 3.09. The monoisotopic (exact) mass is 170 g/mol. The van der Waals surface area contributed by atoms with Crippen molar-refractivity contribution >= 4 is 13.6 Å². The number of hydrogen-bond acceptors (Lipinski definition) is 2. The van der Waals surface area contributed by atoms with E-state index in [0.717, 1.165) is 0 Å². The van der Waals surface area contributed by atoms with Crippen LogP contribution in [0.1, 0.15) is 5.56 Å². The first-order valence-electron chi connectivity index (χ1n) is 3.09. The van der Waals surface area contributed by atoms with Crippen molar-refractivity contribution in [2.24, 2.45) is 0 Å². The van der Waals surface area contributed by atoms with Crippen LogP contribution in [0.3, 0.4) is 0 Å². The molecule has 3 heteroatoms. The average Bonchev–Trinajstić information content (AvgIpc) is 2.17. The lowest BCUT2D eigenvalue weighted by atomic mass is 10.2. The fourth-order valence-corrected chi connectivity index (χ4v) is 0.551. The summed E-state index contributed by atoms with van der Waals surface area (Å²) >= 11 is 0. The van der Waals surface area contributed by atoms with E-state index in [1.807, 2.05) is 19.6 Å². The Hall–Kier alpha value is -1.51. The third kappa shape index (κ3) is 5.29. The van der Waals surface area contributed by atoms with Crippen molar-refractivity contribution in [3.63, 3.8) is 0 Å². The van der Waals surface area contributed by atoms with Gasteiger partial charge in [-0.1, -0.05) is 18.2 Å². The van der Waals surface area contributed by atoms with Crippen LogP contribution in [0, 0.1) is 12.7 Å². The molecule has 12 heavy (non-hydrogen) atoms. The zero-order valence-electron chi connectivity index (χ0n) is 6.92. The number of halogens is 1. The van der Waals surface area contributed by atoms with Gasteiger partial charge in [-0.15, -0.1) is 0 Å². The van der Waals surface area contributed by atoms with Gasteiger partial charge in [-0.3, -0.25) is 0 Å². The summed E-state index contributed by atoms with van der Waals surface area (Å²) in [7, 11) is 0. The Balaban J connectivity index is 0. The molecule has 1 aromatic carbocycles. The van der Waals surface area contributed by atoms with Crippen LogP contribution in [0.15, 0.2) is 24.3 Å². The first kappa shape index (κ1) is 13.1. The molecule has 1 aromatic rings. The molecule has 66 valence electrons. The number of carbonyl (C=O) groups excluding carboxylic acids is 2. The Kier molecular flexibility index (Phi) is 10.4. The summed E-state index contributed by atoms with van der Waals surface area (Å²) in [6, 6.07) is 6.70. The van der Waals surface area contributed by atoms with Crippen molar-refractivity contribution in [3.8, 4) is 0 Å². The third-order valence-corrected chi connectivity index (χ3v) is 1.08. The lowest BCUT2D eigenvalue weighted by Gasteiger charge is -1.89.